The molecule has 0 radical (unpaired) electrons. The summed E-state index contributed by atoms with van der Waals surface area (Å²) in [6, 6.07) is 10.9. The lowest BCUT2D eigenvalue weighted by molar-refractivity contribution is -0.119. The summed E-state index contributed by atoms with van der Waals surface area (Å²) < 4.78 is 10.7. The first-order valence-electron chi connectivity index (χ1n) is 9.83. The third-order valence-electron chi connectivity index (χ3n) is 5.44. The van der Waals surface area contributed by atoms with E-state index < -0.39 is 0 Å². The van der Waals surface area contributed by atoms with Crippen LogP contribution in [-0.2, 0) is 16.1 Å². The molecular weight excluding hydrogens is 396 g/mol. The fraction of sp³-hybridized carbons (Fsp3) is 0.208. The zero-order chi connectivity index (χ0) is 22.1. The molecule has 0 saturated heterocycles. The van der Waals surface area contributed by atoms with E-state index in [0.717, 1.165) is 17.2 Å². The summed E-state index contributed by atoms with van der Waals surface area (Å²) in [4.78, 5) is 39.0. The Morgan fingerprint density at radius 1 is 1.06 bits per heavy atom. The highest BCUT2D eigenvalue weighted by atomic mass is 16.5. The monoisotopic (exact) mass is 418 g/mol. The molecule has 1 aliphatic heterocycles. The highest BCUT2D eigenvalue weighted by Crippen LogP contribution is 2.45. The second-order valence-electron chi connectivity index (χ2n) is 7.21. The maximum absolute atomic E-state index is 13.2. The molecule has 158 valence electrons. The van der Waals surface area contributed by atoms with Gasteiger partial charge in [0.1, 0.15) is 11.5 Å². The van der Waals surface area contributed by atoms with Gasteiger partial charge in [-0.25, -0.2) is 0 Å². The number of nitrogens with zero attached hydrogens (tertiary/aromatic N) is 1. The first-order valence-corrected chi connectivity index (χ1v) is 9.83. The topological polar surface area (TPSA) is 84.9 Å². The van der Waals surface area contributed by atoms with Crippen molar-refractivity contribution in [2.45, 2.75) is 13.0 Å². The van der Waals surface area contributed by atoms with E-state index in [9.17, 15) is 14.4 Å². The van der Waals surface area contributed by atoms with Gasteiger partial charge in [0.05, 0.1) is 26.5 Å². The van der Waals surface area contributed by atoms with Crippen LogP contribution in [0.2, 0.25) is 0 Å². The van der Waals surface area contributed by atoms with Crippen molar-refractivity contribution in [2.24, 2.45) is 0 Å². The maximum atomic E-state index is 13.2. The average molecular weight is 418 g/mol. The van der Waals surface area contributed by atoms with Crippen molar-refractivity contribution in [3.8, 4) is 33.8 Å². The Morgan fingerprint density at radius 3 is 2.39 bits per heavy atom. The Kier molecular flexibility index (Phi) is 5.33. The van der Waals surface area contributed by atoms with Crippen molar-refractivity contribution in [3.05, 3.63) is 64.8 Å². The quantitative estimate of drug-likeness (QED) is 0.623. The number of nitrogens with one attached hydrogen (secondary N) is 1. The molecule has 7 heteroatoms. The summed E-state index contributed by atoms with van der Waals surface area (Å²) in [7, 11) is 3.12. The Bertz CT molecular complexity index is 1200. The molecule has 1 aliphatic rings. The molecular formula is C24H22N2O5. The molecule has 31 heavy (non-hydrogen) atoms. The summed E-state index contributed by atoms with van der Waals surface area (Å²) >= 11 is 0. The van der Waals surface area contributed by atoms with E-state index in [0.29, 0.717) is 33.9 Å². The minimum atomic E-state index is -0.337. The molecule has 0 atom stereocenters. The molecule has 0 aliphatic carbocycles. The van der Waals surface area contributed by atoms with Gasteiger partial charge in [-0.3, -0.25) is 14.4 Å². The van der Waals surface area contributed by atoms with Crippen molar-refractivity contribution < 1.29 is 19.1 Å². The number of methoxy groups -OCH3 is 2. The van der Waals surface area contributed by atoms with E-state index in [1.165, 1.54) is 0 Å². The van der Waals surface area contributed by atoms with Crippen LogP contribution in [0.5, 0.6) is 11.5 Å². The Labute approximate surface area is 179 Å². The lowest BCUT2D eigenvalue weighted by atomic mass is 9.98. The average Bonchev–Trinajstić information content (AvgIpc) is 3.44. The summed E-state index contributed by atoms with van der Waals surface area (Å²) in [6.45, 7) is 3.84. The molecule has 0 fully saturated rings. The van der Waals surface area contributed by atoms with Crippen molar-refractivity contribution in [1.29, 1.82) is 0 Å². The van der Waals surface area contributed by atoms with Crippen LogP contribution in [0.25, 0.3) is 22.3 Å². The number of amides is 2. The van der Waals surface area contributed by atoms with Crippen LogP contribution >= 0.6 is 0 Å². The second kappa shape index (κ2) is 8.10. The highest BCUT2D eigenvalue weighted by Gasteiger charge is 2.34. The smallest absolute Gasteiger partial charge is 0.243 e. The van der Waals surface area contributed by atoms with Crippen LogP contribution in [0.15, 0.2) is 53.8 Å². The molecule has 1 N–H and O–H groups in total. The lowest BCUT2D eigenvalue weighted by Gasteiger charge is -2.27. The summed E-state index contributed by atoms with van der Waals surface area (Å²) in [6.07, 6.45) is 1.26. The normalized spacial score (nSPS) is 12.1. The first-order chi connectivity index (χ1) is 15.0. The van der Waals surface area contributed by atoms with Crippen LogP contribution in [-0.4, -0.2) is 32.6 Å². The van der Waals surface area contributed by atoms with E-state index in [1.807, 2.05) is 24.3 Å². The molecule has 0 aromatic heterocycles. The number of benzene rings is 2. The Morgan fingerprint density at radius 2 is 1.71 bits per heavy atom. The van der Waals surface area contributed by atoms with Gasteiger partial charge in [-0.15, -0.1) is 0 Å². The van der Waals surface area contributed by atoms with E-state index in [-0.39, 0.29) is 36.8 Å². The number of hydrogen-bond donors (Lipinski definition) is 1. The number of rotatable bonds is 6. The fourth-order valence-electron chi connectivity index (χ4n) is 3.81. The van der Waals surface area contributed by atoms with Crippen LogP contribution < -0.4 is 25.1 Å². The number of carbonyl (C=O) groups excluding carboxylic acids is 2. The summed E-state index contributed by atoms with van der Waals surface area (Å²) in [5.74, 6) is 0.699. The van der Waals surface area contributed by atoms with Crippen LogP contribution in [0, 0.1) is 0 Å². The Balaban J connectivity index is 1.79. The molecule has 2 amide bonds. The largest absolute Gasteiger partial charge is 0.497 e. The number of hydrogen-bond acceptors (Lipinski definition) is 5. The zero-order valence-corrected chi connectivity index (χ0v) is 17.4. The summed E-state index contributed by atoms with van der Waals surface area (Å²) in [5, 5.41) is 2.63. The fourth-order valence-corrected chi connectivity index (χ4v) is 3.81. The highest BCUT2D eigenvalue weighted by molar-refractivity contribution is 6.06. The molecule has 0 saturated carbocycles. The third kappa shape index (κ3) is 3.70. The zero-order valence-electron chi connectivity index (χ0n) is 17.4. The van der Waals surface area contributed by atoms with Gasteiger partial charge in [-0.1, -0.05) is 12.6 Å². The van der Waals surface area contributed by atoms with Gasteiger partial charge in [0, 0.05) is 35.7 Å². The molecule has 4 rings (SSSR count). The minimum Gasteiger partial charge on any atom is -0.497 e. The number of anilines is 1. The number of carbonyl (C=O) groups is 2. The van der Waals surface area contributed by atoms with E-state index in [1.54, 1.807) is 31.3 Å². The van der Waals surface area contributed by atoms with E-state index >= 15 is 0 Å². The van der Waals surface area contributed by atoms with Crippen molar-refractivity contribution in [3.63, 3.8) is 0 Å². The van der Waals surface area contributed by atoms with Crippen LogP contribution in [0.3, 0.4) is 0 Å². The lowest BCUT2D eigenvalue weighted by Crippen LogP contribution is -2.34. The molecule has 0 unspecified atom stereocenters. The summed E-state index contributed by atoms with van der Waals surface area (Å²) in [5.41, 5.74) is 4.19. The minimum absolute atomic E-state index is 0.0228. The Hall–Kier alpha value is -3.87. The standard InChI is InChI=1S/C24H22N2O5/c1-4-20(27)25-10-9-21(28)26-13-14-11-15(30-2)5-7-17(14)22-23(24(22)29)18-8-6-16(31-3)12-19(18)26/h4-8,11-12H,1,9-10,13H2,2-3H3,(H,25,27). The van der Waals surface area contributed by atoms with Crippen molar-refractivity contribution in [1.82, 2.24) is 5.32 Å². The first kappa shape index (κ1) is 20.4. The van der Waals surface area contributed by atoms with Gasteiger partial charge in [0.2, 0.25) is 11.8 Å². The second-order valence-corrected chi connectivity index (χ2v) is 7.21. The molecule has 0 bridgehead atoms. The van der Waals surface area contributed by atoms with Crippen LogP contribution in [0.1, 0.15) is 12.0 Å². The molecule has 3 aromatic carbocycles. The molecule has 7 nitrogen and oxygen atoms in total. The molecule has 1 heterocycles. The maximum Gasteiger partial charge on any atom is 0.243 e. The predicted molar refractivity (Wildman–Crippen MR) is 118 cm³/mol. The van der Waals surface area contributed by atoms with E-state index in [4.69, 9.17) is 9.47 Å². The van der Waals surface area contributed by atoms with Gasteiger partial charge in [-0.05, 0) is 41.5 Å². The van der Waals surface area contributed by atoms with Gasteiger partial charge < -0.3 is 19.7 Å². The van der Waals surface area contributed by atoms with Gasteiger partial charge in [-0.2, -0.15) is 0 Å². The van der Waals surface area contributed by atoms with Gasteiger partial charge >= 0.3 is 0 Å². The van der Waals surface area contributed by atoms with Gasteiger partial charge in [0.15, 0.2) is 5.43 Å². The van der Waals surface area contributed by atoms with Crippen molar-refractivity contribution in [2.75, 3.05) is 25.7 Å². The van der Waals surface area contributed by atoms with Gasteiger partial charge in [0.25, 0.3) is 0 Å². The van der Waals surface area contributed by atoms with Crippen molar-refractivity contribution >= 4 is 17.5 Å². The number of ether oxygens (including phenoxy) is 2. The van der Waals surface area contributed by atoms with E-state index in [2.05, 4.69) is 11.9 Å². The molecule has 3 aromatic rings. The molecule has 0 spiro atoms. The van der Waals surface area contributed by atoms with Crippen LogP contribution in [0.4, 0.5) is 5.69 Å². The predicted octanol–water partition coefficient (Wildman–Crippen LogP) is 2.81. The number of fused-ring (bicyclic) bond motifs is 5. The third-order valence-corrected chi connectivity index (χ3v) is 5.44. The SMILES string of the molecule is C=CC(=O)NCCC(=O)N1Cc2cc(OC)ccc2-c2c(c2=O)-c2ccc(OC)cc21.